The van der Waals surface area contributed by atoms with E-state index in [1.807, 2.05) is 55.1 Å². The maximum Gasteiger partial charge on any atom is 0.255 e. The molecule has 6 heteroatoms. The molecule has 3 heterocycles. The Bertz CT molecular complexity index is 732. The van der Waals surface area contributed by atoms with Gasteiger partial charge in [-0.2, -0.15) is 0 Å². The van der Waals surface area contributed by atoms with Crippen LogP contribution in [0.15, 0.2) is 36.5 Å². The lowest BCUT2D eigenvalue weighted by atomic mass is 10.1. The maximum absolute atomic E-state index is 12.8. The van der Waals surface area contributed by atoms with Crippen LogP contribution in [0.3, 0.4) is 0 Å². The molecule has 0 radical (unpaired) electrons. The molecule has 0 spiro atoms. The number of pyridine rings is 2. The van der Waals surface area contributed by atoms with E-state index >= 15 is 0 Å². The van der Waals surface area contributed by atoms with Gasteiger partial charge in [-0.3, -0.25) is 9.78 Å². The van der Waals surface area contributed by atoms with E-state index < -0.39 is 0 Å². The highest BCUT2D eigenvalue weighted by atomic mass is 16.5. The summed E-state index contributed by atoms with van der Waals surface area (Å²) in [6, 6.07) is 9.47. The second kappa shape index (κ2) is 6.97. The van der Waals surface area contributed by atoms with Crippen molar-refractivity contribution < 1.29 is 9.53 Å². The van der Waals surface area contributed by atoms with Crippen LogP contribution in [0.25, 0.3) is 0 Å². The Labute approximate surface area is 142 Å². The van der Waals surface area contributed by atoms with E-state index in [1.54, 1.807) is 12.3 Å². The molecular formula is C18H22N4O2. The summed E-state index contributed by atoms with van der Waals surface area (Å²) < 4.78 is 5.85. The first-order chi connectivity index (χ1) is 11.6. The first kappa shape index (κ1) is 16.4. The molecule has 1 fully saturated rings. The van der Waals surface area contributed by atoms with Crippen molar-refractivity contribution in [3.63, 3.8) is 0 Å². The molecule has 3 rings (SSSR count). The van der Waals surface area contributed by atoms with Gasteiger partial charge in [-0.1, -0.05) is 6.07 Å². The van der Waals surface area contributed by atoms with Crippen molar-refractivity contribution in [1.82, 2.24) is 14.9 Å². The summed E-state index contributed by atoms with van der Waals surface area (Å²) in [6.07, 6.45) is 1.49. The van der Waals surface area contributed by atoms with Gasteiger partial charge in [0.15, 0.2) is 0 Å². The molecule has 1 aliphatic rings. The molecule has 0 saturated carbocycles. The van der Waals surface area contributed by atoms with Crippen molar-refractivity contribution in [3.05, 3.63) is 53.5 Å². The van der Waals surface area contributed by atoms with Gasteiger partial charge >= 0.3 is 0 Å². The SMILES string of the molecule is Cc1ncccc1C(=O)N1CCOC(c2cccc(N(C)C)n2)C1. The number of ether oxygens (including phenoxy) is 1. The molecule has 1 aliphatic heterocycles. The molecule has 0 N–H and O–H groups in total. The van der Waals surface area contributed by atoms with Gasteiger partial charge < -0.3 is 14.5 Å². The number of carbonyl (C=O) groups excluding carboxylic acids is 1. The summed E-state index contributed by atoms with van der Waals surface area (Å²) in [5, 5.41) is 0. The molecule has 24 heavy (non-hydrogen) atoms. The number of amides is 1. The predicted molar refractivity (Wildman–Crippen MR) is 92.1 cm³/mol. The van der Waals surface area contributed by atoms with Crippen LogP contribution in [0.5, 0.6) is 0 Å². The van der Waals surface area contributed by atoms with Gasteiger partial charge in [-0.15, -0.1) is 0 Å². The Morgan fingerprint density at radius 3 is 2.88 bits per heavy atom. The van der Waals surface area contributed by atoms with E-state index in [9.17, 15) is 4.79 Å². The fourth-order valence-electron chi connectivity index (χ4n) is 2.76. The topological polar surface area (TPSA) is 58.6 Å². The van der Waals surface area contributed by atoms with Crippen molar-refractivity contribution >= 4 is 11.7 Å². The fourth-order valence-corrected chi connectivity index (χ4v) is 2.76. The molecular weight excluding hydrogens is 304 g/mol. The van der Waals surface area contributed by atoms with Gasteiger partial charge in [0.25, 0.3) is 5.91 Å². The summed E-state index contributed by atoms with van der Waals surface area (Å²) in [5.41, 5.74) is 2.24. The monoisotopic (exact) mass is 326 g/mol. The predicted octanol–water partition coefficient (Wildman–Crippen LogP) is 2.06. The van der Waals surface area contributed by atoms with E-state index in [4.69, 9.17) is 4.74 Å². The molecule has 1 atom stereocenters. The Balaban J connectivity index is 1.78. The van der Waals surface area contributed by atoms with Crippen LogP contribution in [-0.2, 0) is 4.74 Å². The summed E-state index contributed by atoms with van der Waals surface area (Å²) >= 11 is 0. The van der Waals surface area contributed by atoms with Crippen molar-refractivity contribution in [2.75, 3.05) is 38.7 Å². The Morgan fingerprint density at radius 1 is 1.29 bits per heavy atom. The first-order valence-electron chi connectivity index (χ1n) is 8.03. The fraction of sp³-hybridized carbons (Fsp3) is 0.389. The number of nitrogens with zero attached hydrogens (tertiary/aromatic N) is 4. The van der Waals surface area contributed by atoms with Gasteiger partial charge in [-0.05, 0) is 31.2 Å². The molecule has 2 aromatic heterocycles. The van der Waals surface area contributed by atoms with Crippen LogP contribution in [0, 0.1) is 6.92 Å². The Kier molecular flexibility index (Phi) is 4.76. The molecule has 2 aromatic rings. The van der Waals surface area contributed by atoms with Crippen LogP contribution in [0.2, 0.25) is 0 Å². The van der Waals surface area contributed by atoms with Gasteiger partial charge in [0.1, 0.15) is 11.9 Å². The molecule has 0 bridgehead atoms. The van der Waals surface area contributed by atoms with Crippen molar-refractivity contribution in [2.24, 2.45) is 0 Å². The Hall–Kier alpha value is -2.47. The molecule has 0 aliphatic carbocycles. The van der Waals surface area contributed by atoms with Crippen LogP contribution in [0.1, 0.15) is 27.8 Å². The highest BCUT2D eigenvalue weighted by Gasteiger charge is 2.28. The highest BCUT2D eigenvalue weighted by Crippen LogP contribution is 2.23. The molecule has 6 nitrogen and oxygen atoms in total. The third-order valence-electron chi connectivity index (χ3n) is 4.14. The second-order valence-corrected chi connectivity index (χ2v) is 6.06. The number of morpholine rings is 1. The van der Waals surface area contributed by atoms with E-state index in [0.717, 1.165) is 17.2 Å². The van der Waals surface area contributed by atoms with Gasteiger partial charge in [-0.25, -0.2) is 4.98 Å². The zero-order valence-electron chi connectivity index (χ0n) is 14.3. The highest BCUT2D eigenvalue weighted by molar-refractivity contribution is 5.95. The number of hydrogen-bond donors (Lipinski definition) is 0. The Morgan fingerprint density at radius 2 is 2.12 bits per heavy atom. The normalized spacial score (nSPS) is 17.6. The lowest BCUT2D eigenvalue weighted by Crippen LogP contribution is -2.42. The molecule has 1 amide bonds. The van der Waals surface area contributed by atoms with Crippen LogP contribution in [-0.4, -0.2) is 54.6 Å². The number of aryl methyl sites for hydroxylation is 1. The van der Waals surface area contributed by atoms with Gasteiger partial charge in [0.05, 0.1) is 24.4 Å². The minimum Gasteiger partial charge on any atom is -0.368 e. The molecule has 1 unspecified atom stereocenters. The number of carbonyl (C=O) groups is 1. The average Bonchev–Trinajstić information content (AvgIpc) is 2.62. The standard InChI is InChI=1S/C18H22N4O2/c1-13-14(6-5-9-19-13)18(23)22-10-11-24-16(12-22)15-7-4-8-17(20-15)21(2)3/h4-9,16H,10-12H2,1-3H3. The average molecular weight is 326 g/mol. The minimum absolute atomic E-state index is 0.00216. The third-order valence-corrected chi connectivity index (χ3v) is 4.14. The number of anilines is 1. The smallest absolute Gasteiger partial charge is 0.255 e. The van der Waals surface area contributed by atoms with Crippen LogP contribution >= 0.6 is 0 Å². The van der Waals surface area contributed by atoms with E-state index in [2.05, 4.69) is 9.97 Å². The second-order valence-electron chi connectivity index (χ2n) is 6.06. The lowest BCUT2D eigenvalue weighted by molar-refractivity contribution is -0.0247. The first-order valence-corrected chi connectivity index (χ1v) is 8.03. The van der Waals surface area contributed by atoms with Crippen molar-refractivity contribution in [1.29, 1.82) is 0 Å². The summed E-state index contributed by atoms with van der Waals surface area (Å²) in [7, 11) is 3.91. The lowest BCUT2D eigenvalue weighted by Gasteiger charge is -2.33. The molecule has 1 saturated heterocycles. The molecule has 126 valence electrons. The van der Waals surface area contributed by atoms with E-state index in [-0.39, 0.29) is 12.0 Å². The van der Waals surface area contributed by atoms with Crippen molar-refractivity contribution in [3.8, 4) is 0 Å². The number of rotatable bonds is 3. The summed E-state index contributed by atoms with van der Waals surface area (Å²) in [5.74, 6) is 0.875. The largest absolute Gasteiger partial charge is 0.368 e. The van der Waals surface area contributed by atoms with Crippen LogP contribution < -0.4 is 4.90 Å². The minimum atomic E-state index is -0.209. The summed E-state index contributed by atoms with van der Waals surface area (Å²) in [6.45, 7) is 3.44. The summed E-state index contributed by atoms with van der Waals surface area (Å²) in [4.78, 5) is 25.4. The number of hydrogen-bond acceptors (Lipinski definition) is 5. The zero-order chi connectivity index (χ0) is 17.1. The van der Waals surface area contributed by atoms with E-state index in [1.165, 1.54) is 0 Å². The third kappa shape index (κ3) is 3.38. The number of aromatic nitrogens is 2. The van der Waals surface area contributed by atoms with Gasteiger partial charge in [0.2, 0.25) is 0 Å². The maximum atomic E-state index is 12.8. The van der Waals surface area contributed by atoms with Gasteiger partial charge in [0, 0.05) is 32.5 Å². The van der Waals surface area contributed by atoms with E-state index in [0.29, 0.717) is 25.3 Å². The quantitative estimate of drug-likeness (QED) is 0.864. The van der Waals surface area contributed by atoms with Crippen LogP contribution in [0.4, 0.5) is 5.82 Å². The molecule has 0 aromatic carbocycles. The zero-order valence-corrected chi connectivity index (χ0v) is 14.3. The van der Waals surface area contributed by atoms with Crippen molar-refractivity contribution in [2.45, 2.75) is 13.0 Å².